The van der Waals surface area contributed by atoms with Crippen LogP contribution in [0.2, 0.25) is 5.02 Å². The van der Waals surface area contributed by atoms with E-state index in [4.69, 9.17) is 21.1 Å². The Labute approximate surface area is 159 Å². The van der Waals surface area contributed by atoms with Crippen LogP contribution in [0.15, 0.2) is 24.5 Å². The Morgan fingerprint density at radius 3 is 2.48 bits per heavy atom. The van der Waals surface area contributed by atoms with Gasteiger partial charge in [0.25, 0.3) is 5.91 Å². The first-order chi connectivity index (χ1) is 12.5. The van der Waals surface area contributed by atoms with E-state index in [0.29, 0.717) is 0 Å². The minimum atomic E-state index is -4.70. The van der Waals surface area contributed by atoms with Gasteiger partial charge < -0.3 is 14.8 Å². The molecule has 1 heterocycles. The zero-order valence-corrected chi connectivity index (χ0v) is 15.9. The number of ether oxygens (including phenoxy) is 2. The highest BCUT2D eigenvalue weighted by Gasteiger charge is 2.42. The summed E-state index contributed by atoms with van der Waals surface area (Å²) in [7, 11) is 2.82. The predicted molar refractivity (Wildman–Crippen MR) is 93.2 cm³/mol. The van der Waals surface area contributed by atoms with Crippen molar-refractivity contribution in [2.45, 2.75) is 32.2 Å². The summed E-state index contributed by atoms with van der Waals surface area (Å²) in [6.45, 7) is 3.55. The number of benzene rings is 1. The summed E-state index contributed by atoms with van der Waals surface area (Å²) in [4.78, 5) is 12.4. The van der Waals surface area contributed by atoms with Gasteiger partial charge >= 0.3 is 6.18 Å². The lowest BCUT2D eigenvalue weighted by atomic mass is 10.1. The van der Waals surface area contributed by atoms with E-state index in [2.05, 4.69) is 5.10 Å². The number of hydrogen-bond donors (Lipinski definition) is 1. The maximum atomic E-state index is 13.4. The Bertz CT molecular complexity index is 821. The molecule has 0 aliphatic carbocycles. The third-order valence-electron chi connectivity index (χ3n) is 3.51. The first-order valence-electron chi connectivity index (χ1n) is 7.93. The molecule has 0 aliphatic rings. The van der Waals surface area contributed by atoms with Gasteiger partial charge in [0.1, 0.15) is 0 Å². The zero-order valence-electron chi connectivity index (χ0n) is 15.1. The highest BCUT2D eigenvalue weighted by atomic mass is 35.5. The average Bonchev–Trinajstić information content (AvgIpc) is 2.98. The number of aromatic nitrogens is 2. The van der Waals surface area contributed by atoms with Crippen molar-refractivity contribution in [1.82, 2.24) is 15.1 Å². The van der Waals surface area contributed by atoms with Crippen LogP contribution in [0.3, 0.4) is 0 Å². The van der Waals surface area contributed by atoms with Crippen molar-refractivity contribution in [3.63, 3.8) is 0 Å². The molecule has 1 aromatic carbocycles. The maximum absolute atomic E-state index is 13.4. The lowest BCUT2D eigenvalue weighted by Crippen LogP contribution is -2.38. The summed E-state index contributed by atoms with van der Waals surface area (Å²) in [5, 5.41) is 5.74. The van der Waals surface area contributed by atoms with Gasteiger partial charge in [0, 0.05) is 24.4 Å². The molecular weight excluding hydrogens is 387 g/mol. The number of methoxy groups -OCH3 is 1. The average molecular weight is 406 g/mol. The number of hydrogen-bond acceptors (Lipinski definition) is 4. The van der Waals surface area contributed by atoms with E-state index in [1.807, 2.05) is 5.32 Å². The van der Waals surface area contributed by atoms with E-state index in [1.54, 1.807) is 13.8 Å². The third kappa shape index (κ3) is 5.06. The van der Waals surface area contributed by atoms with Crippen molar-refractivity contribution >= 4 is 17.5 Å². The number of carbonyl (C=O) groups excluding carboxylic acids is 1. The van der Waals surface area contributed by atoms with Gasteiger partial charge in [-0.05, 0) is 26.0 Å². The van der Waals surface area contributed by atoms with E-state index in [1.165, 1.54) is 37.2 Å². The second kappa shape index (κ2) is 8.08. The van der Waals surface area contributed by atoms with Crippen LogP contribution in [0.1, 0.15) is 35.8 Å². The predicted octanol–water partition coefficient (Wildman–Crippen LogP) is 3.90. The highest BCUT2D eigenvalue weighted by molar-refractivity contribution is 6.32. The van der Waals surface area contributed by atoms with Crippen LogP contribution in [-0.2, 0) is 7.05 Å². The van der Waals surface area contributed by atoms with Crippen LogP contribution < -0.4 is 14.8 Å². The summed E-state index contributed by atoms with van der Waals surface area (Å²) in [6, 6.07) is 0.290. The molecule has 2 rings (SSSR count). The van der Waals surface area contributed by atoms with Crippen molar-refractivity contribution in [2.24, 2.45) is 7.05 Å². The molecule has 0 fully saturated rings. The van der Waals surface area contributed by atoms with Crippen LogP contribution in [0.5, 0.6) is 11.5 Å². The van der Waals surface area contributed by atoms with Gasteiger partial charge in [-0.1, -0.05) is 11.6 Å². The van der Waals surface area contributed by atoms with E-state index >= 15 is 0 Å². The Balaban J connectivity index is 2.34. The molecule has 148 valence electrons. The molecule has 27 heavy (non-hydrogen) atoms. The van der Waals surface area contributed by atoms with Crippen molar-refractivity contribution in [1.29, 1.82) is 0 Å². The first-order valence-corrected chi connectivity index (χ1v) is 8.31. The summed E-state index contributed by atoms with van der Waals surface area (Å²) < 4.78 is 52.1. The number of aryl methyl sites for hydroxylation is 1. The number of halogens is 4. The molecule has 0 saturated heterocycles. The molecule has 0 radical (unpaired) electrons. The number of nitrogens with zero attached hydrogens (tertiary/aromatic N) is 2. The van der Waals surface area contributed by atoms with E-state index in [-0.39, 0.29) is 33.8 Å². The largest absolute Gasteiger partial charge is 0.493 e. The van der Waals surface area contributed by atoms with Crippen molar-refractivity contribution in [3.8, 4) is 11.5 Å². The quantitative estimate of drug-likeness (QED) is 0.791. The number of amides is 1. The SMILES string of the molecule is COc1cc(C(=O)N[C@@H](c2cnn(C)c2)C(F)(F)F)cc(Cl)c1OC(C)C. The molecule has 0 bridgehead atoms. The van der Waals surface area contributed by atoms with Crippen LogP contribution >= 0.6 is 11.6 Å². The summed E-state index contributed by atoms with van der Waals surface area (Å²) in [5.41, 5.74) is -0.276. The Morgan fingerprint density at radius 1 is 1.33 bits per heavy atom. The Morgan fingerprint density at radius 2 is 2.00 bits per heavy atom. The monoisotopic (exact) mass is 405 g/mol. The van der Waals surface area contributed by atoms with Crippen molar-refractivity contribution in [2.75, 3.05) is 7.11 Å². The molecular formula is C17H19ClF3N3O3. The molecule has 1 N–H and O–H groups in total. The molecule has 1 atom stereocenters. The van der Waals surface area contributed by atoms with Gasteiger partial charge in [-0.2, -0.15) is 18.3 Å². The topological polar surface area (TPSA) is 65.4 Å². The van der Waals surface area contributed by atoms with Gasteiger partial charge in [-0.3, -0.25) is 9.48 Å². The van der Waals surface area contributed by atoms with Crippen LogP contribution in [0, 0.1) is 0 Å². The van der Waals surface area contributed by atoms with Gasteiger partial charge in [-0.15, -0.1) is 0 Å². The number of alkyl halides is 3. The molecule has 10 heteroatoms. The Hall–Kier alpha value is -2.42. The summed E-state index contributed by atoms with van der Waals surface area (Å²) in [5.74, 6) is -0.603. The Kier molecular flexibility index (Phi) is 6.25. The van der Waals surface area contributed by atoms with Gasteiger partial charge in [0.05, 0.1) is 24.4 Å². The fourth-order valence-electron chi connectivity index (χ4n) is 2.36. The summed E-state index contributed by atoms with van der Waals surface area (Å²) in [6.07, 6.45) is -2.68. The van der Waals surface area contributed by atoms with Crippen LogP contribution in [0.4, 0.5) is 13.2 Å². The number of rotatable bonds is 6. The normalized spacial score (nSPS) is 12.8. The molecule has 0 aliphatic heterocycles. The lowest BCUT2D eigenvalue weighted by Gasteiger charge is -2.21. The van der Waals surface area contributed by atoms with Gasteiger partial charge in [0.2, 0.25) is 0 Å². The number of nitrogens with one attached hydrogen (secondary N) is 1. The van der Waals surface area contributed by atoms with Gasteiger partial charge in [-0.25, -0.2) is 0 Å². The van der Waals surface area contributed by atoms with Crippen molar-refractivity contribution < 1.29 is 27.4 Å². The van der Waals surface area contributed by atoms with Crippen molar-refractivity contribution in [3.05, 3.63) is 40.7 Å². The van der Waals surface area contributed by atoms with Crippen LogP contribution in [0.25, 0.3) is 0 Å². The molecule has 0 spiro atoms. The van der Waals surface area contributed by atoms with E-state index < -0.39 is 18.1 Å². The fraction of sp³-hybridized carbons (Fsp3) is 0.412. The third-order valence-corrected chi connectivity index (χ3v) is 3.79. The summed E-state index contributed by atoms with van der Waals surface area (Å²) >= 11 is 6.13. The van der Waals surface area contributed by atoms with Crippen LogP contribution in [-0.4, -0.2) is 35.1 Å². The maximum Gasteiger partial charge on any atom is 0.413 e. The molecule has 0 saturated carbocycles. The molecule has 0 unspecified atom stereocenters. The zero-order chi connectivity index (χ0) is 20.4. The second-order valence-electron chi connectivity index (χ2n) is 6.05. The smallest absolute Gasteiger partial charge is 0.413 e. The second-order valence-corrected chi connectivity index (χ2v) is 6.46. The number of carbonyl (C=O) groups is 1. The van der Waals surface area contributed by atoms with E-state index in [0.717, 1.165) is 6.20 Å². The molecule has 6 nitrogen and oxygen atoms in total. The van der Waals surface area contributed by atoms with E-state index in [9.17, 15) is 18.0 Å². The minimum Gasteiger partial charge on any atom is -0.493 e. The molecule has 1 amide bonds. The minimum absolute atomic E-state index is 0.0538. The van der Waals surface area contributed by atoms with Gasteiger partial charge in [0.15, 0.2) is 17.5 Å². The fourth-order valence-corrected chi connectivity index (χ4v) is 2.61. The standard InChI is InChI=1S/C17H19ClF3N3O3/c1-9(2)27-14-12(18)5-10(6-13(14)26-4)16(25)23-15(17(19,20)21)11-7-22-24(3)8-11/h5-9,15H,1-4H3,(H,23,25)/t15-/m0/s1. The molecule has 2 aromatic rings. The first kappa shape index (κ1) is 20.9. The molecule has 1 aromatic heterocycles. The lowest BCUT2D eigenvalue weighted by molar-refractivity contribution is -0.155. The highest BCUT2D eigenvalue weighted by Crippen LogP contribution is 2.38.